The van der Waals surface area contributed by atoms with Crippen LogP contribution in [0.3, 0.4) is 0 Å². The summed E-state index contributed by atoms with van der Waals surface area (Å²) in [5.74, 6) is -1.33. The number of pyridine rings is 1. The van der Waals surface area contributed by atoms with E-state index in [2.05, 4.69) is 10.3 Å². The average molecular weight is 385 g/mol. The zero-order valence-electron chi connectivity index (χ0n) is 15.5. The van der Waals surface area contributed by atoms with Crippen LogP contribution >= 0.6 is 0 Å². The highest BCUT2D eigenvalue weighted by molar-refractivity contribution is 6.02. The van der Waals surface area contributed by atoms with Gasteiger partial charge in [-0.05, 0) is 61.9 Å². The number of anilines is 1. The third-order valence-corrected chi connectivity index (χ3v) is 5.35. The number of fused-ring (bicyclic) bond motifs is 1. The molecule has 2 heterocycles. The van der Waals surface area contributed by atoms with Gasteiger partial charge in [0.15, 0.2) is 5.67 Å². The Balaban J connectivity index is 1.51. The zero-order chi connectivity index (χ0) is 19.9. The van der Waals surface area contributed by atoms with Crippen molar-refractivity contribution in [3.8, 4) is 0 Å². The number of aromatic nitrogens is 1. The van der Waals surface area contributed by atoms with Crippen molar-refractivity contribution in [2.24, 2.45) is 0 Å². The first-order valence-electron chi connectivity index (χ1n) is 9.43. The van der Waals surface area contributed by atoms with Crippen LogP contribution in [-0.4, -0.2) is 29.0 Å². The Morgan fingerprint density at radius 2 is 2.04 bits per heavy atom. The molecule has 0 spiro atoms. The van der Waals surface area contributed by atoms with Gasteiger partial charge in [0.05, 0.1) is 12.2 Å². The molecule has 28 heavy (non-hydrogen) atoms. The summed E-state index contributed by atoms with van der Waals surface area (Å²) in [4.78, 5) is 30.1. The molecule has 1 saturated carbocycles. The summed E-state index contributed by atoms with van der Waals surface area (Å²) in [6.07, 6.45) is 3.18. The second-order valence-electron chi connectivity index (χ2n) is 7.47. The zero-order valence-corrected chi connectivity index (χ0v) is 15.5. The maximum absolute atomic E-state index is 14.2. The van der Waals surface area contributed by atoms with E-state index in [9.17, 15) is 18.4 Å². The highest BCUT2D eigenvalue weighted by Crippen LogP contribution is 2.43. The average Bonchev–Trinajstić information content (AvgIpc) is 3.45. The molecule has 1 aromatic carbocycles. The quantitative estimate of drug-likeness (QED) is 0.876. The highest BCUT2D eigenvalue weighted by Gasteiger charge is 2.53. The van der Waals surface area contributed by atoms with Gasteiger partial charge in [-0.25, -0.2) is 13.8 Å². The predicted octanol–water partition coefficient (Wildman–Crippen LogP) is 3.49. The molecular formula is C21H21F2N3O2. The molecule has 4 rings (SSSR count). The molecule has 0 bridgehead atoms. The summed E-state index contributed by atoms with van der Waals surface area (Å²) in [5, 5.41) is 2.84. The lowest BCUT2D eigenvalue weighted by Gasteiger charge is -2.31. The van der Waals surface area contributed by atoms with Crippen LogP contribution in [0.15, 0.2) is 36.5 Å². The third kappa shape index (κ3) is 3.48. The Kier molecular flexibility index (Phi) is 4.61. The van der Waals surface area contributed by atoms with Gasteiger partial charge in [0.1, 0.15) is 11.5 Å². The molecule has 1 fully saturated rings. The van der Waals surface area contributed by atoms with Gasteiger partial charge in [-0.3, -0.25) is 9.59 Å². The summed E-state index contributed by atoms with van der Waals surface area (Å²) < 4.78 is 27.2. The standard InChI is InChI=1S/C21H21F2N3O2/c1-13(25-19(27)17-6-5-16(22)12-24-17)14-4-7-18-15(11-14)3-2-10-26(18)20(28)21(23)8-9-21/h4-7,11-13H,2-3,8-10H2,1H3,(H,25,27)/t13-/m0/s1. The number of hydrogen-bond donors (Lipinski definition) is 1. The van der Waals surface area contributed by atoms with Crippen LogP contribution < -0.4 is 10.2 Å². The molecule has 2 amide bonds. The largest absolute Gasteiger partial charge is 0.344 e. The van der Waals surface area contributed by atoms with Gasteiger partial charge < -0.3 is 10.2 Å². The molecular weight excluding hydrogens is 364 g/mol. The third-order valence-electron chi connectivity index (χ3n) is 5.35. The number of halogens is 2. The van der Waals surface area contributed by atoms with E-state index in [1.54, 1.807) is 4.90 Å². The van der Waals surface area contributed by atoms with Crippen molar-refractivity contribution >= 4 is 17.5 Å². The van der Waals surface area contributed by atoms with Crippen LogP contribution in [0.25, 0.3) is 0 Å². The summed E-state index contributed by atoms with van der Waals surface area (Å²) in [6.45, 7) is 2.37. The van der Waals surface area contributed by atoms with Crippen LogP contribution in [0.1, 0.15) is 53.8 Å². The molecule has 7 heteroatoms. The maximum atomic E-state index is 14.2. The second kappa shape index (κ2) is 6.96. The SMILES string of the molecule is C[C@H](NC(=O)c1ccc(F)cn1)c1ccc2c(c1)CCCN2C(=O)C1(F)CC1. The van der Waals surface area contributed by atoms with E-state index in [0.29, 0.717) is 19.4 Å². The second-order valence-corrected chi connectivity index (χ2v) is 7.47. The Labute approximate surface area is 161 Å². The Morgan fingerprint density at radius 3 is 2.71 bits per heavy atom. The fourth-order valence-electron chi connectivity index (χ4n) is 3.53. The smallest absolute Gasteiger partial charge is 0.270 e. The molecule has 0 radical (unpaired) electrons. The molecule has 1 atom stereocenters. The number of nitrogens with one attached hydrogen (secondary N) is 1. The summed E-state index contributed by atoms with van der Waals surface area (Å²) in [5.41, 5.74) is 1.06. The summed E-state index contributed by atoms with van der Waals surface area (Å²) in [6, 6.07) is 7.84. The lowest BCUT2D eigenvalue weighted by Crippen LogP contribution is -2.41. The molecule has 0 saturated heterocycles. The first-order valence-corrected chi connectivity index (χ1v) is 9.43. The number of rotatable bonds is 4. The van der Waals surface area contributed by atoms with Gasteiger partial charge in [-0.1, -0.05) is 12.1 Å². The lowest BCUT2D eigenvalue weighted by atomic mass is 9.96. The molecule has 5 nitrogen and oxygen atoms in total. The van der Waals surface area contributed by atoms with Gasteiger partial charge in [0.25, 0.3) is 11.8 Å². The van der Waals surface area contributed by atoms with Crippen molar-refractivity contribution in [2.45, 2.75) is 44.3 Å². The molecule has 1 N–H and O–H groups in total. The van der Waals surface area contributed by atoms with Crippen LogP contribution in [0.5, 0.6) is 0 Å². The van der Waals surface area contributed by atoms with Crippen molar-refractivity contribution in [1.29, 1.82) is 0 Å². The predicted molar refractivity (Wildman–Crippen MR) is 100 cm³/mol. The first kappa shape index (κ1) is 18.5. The topological polar surface area (TPSA) is 62.3 Å². The number of carbonyl (C=O) groups is 2. The number of hydrogen-bond acceptors (Lipinski definition) is 3. The van der Waals surface area contributed by atoms with Crippen molar-refractivity contribution in [1.82, 2.24) is 10.3 Å². The monoisotopic (exact) mass is 385 g/mol. The minimum atomic E-state index is -1.68. The van der Waals surface area contributed by atoms with Crippen molar-refractivity contribution in [2.75, 3.05) is 11.4 Å². The Hall–Kier alpha value is -2.83. The maximum Gasteiger partial charge on any atom is 0.270 e. The van der Waals surface area contributed by atoms with Gasteiger partial charge >= 0.3 is 0 Å². The van der Waals surface area contributed by atoms with E-state index < -0.39 is 23.3 Å². The molecule has 146 valence electrons. The van der Waals surface area contributed by atoms with Crippen LogP contribution in [0.4, 0.5) is 14.5 Å². The number of alkyl halides is 1. The van der Waals surface area contributed by atoms with Gasteiger partial charge in [0, 0.05) is 12.2 Å². The Bertz CT molecular complexity index is 926. The van der Waals surface area contributed by atoms with Gasteiger partial charge in [0.2, 0.25) is 0 Å². The number of amides is 2. The molecule has 1 aliphatic heterocycles. The van der Waals surface area contributed by atoms with Crippen LogP contribution in [-0.2, 0) is 11.2 Å². The lowest BCUT2D eigenvalue weighted by molar-refractivity contribution is -0.124. The van der Waals surface area contributed by atoms with E-state index in [1.807, 2.05) is 25.1 Å². The van der Waals surface area contributed by atoms with Crippen LogP contribution in [0.2, 0.25) is 0 Å². The molecule has 2 aliphatic rings. The highest BCUT2D eigenvalue weighted by atomic mass is 19.1. The molecule has 1 aromatic heterocycles. The van der Waals surface area contributed by atoms with E-state index >= 15 is 0 Å². The first-order chi connectivity index (χ1) is 13.4. The van der Waals surface area contributed by atoms with Crippen molar-refractivity contribution in [3.63, 3.8) is 0 Å². The van der Waals surface area contributed by atoms with E-state index in [1.165, 1.54) is 12.1 Å². The number of aryl methyl sites for hydroxylation is 1. The van der Waals surface area contributed by atoms with Crippen molar-refractivity contribution < 1.29 is 18.4 Å². The number of benzene rings is 1. The Morgan fingerprint density at radius 1 is 1.25 bits per heavy atom. The normalized spacial score (nSPS) is 18.2. The fourth-order valence-corrected chi connectivity index (χ4v) is 3.53. The summed E-state index contributed by atoms with van der Waals surface area (Å²) in [7, 11) is 0. The minimum absolute atomic E-state index is 0.139. The van der Waals surface area contributed by atoms with E-state index in [-0.39, 0.29) is 11.7 Å². The number of carbonyl (C=O) groups excluding carboxylic acids is 2. The molecule has 1 aliphatic carbocycles. The molecule has 0 unspecified atom stereocenters. The molecule has 2 aromatic rings. The van der Waals surface area contributed by atoms with Gasteiger partial charge in [-0.2, -0.15) is 0 Å². The van der Waals surface area contributed by atoms with Crippen molar-refractivity contribution in [3.05, 3.63) is 59.2 Å². The minimum Gasteiger partial charge on any atom is -0.344 e. The summed E-state index contributed by atoms with van der Waals surface area (Å²) >= 11 is 0. The van der Waals surface area contributed by atoms with E-state index in [0.717, 1.165) is 35.9 Å². The van der Waals surface area contributed by atoms with Gasteiger partial charge in [-0.15, -0.1) is 0 Å². The number of nitrogens with zero attached hydrogens (tertiary/aromatic N) is 2. The van der Waals surface area contributed by atoms with Crippen LogP contribution in [0, 0.1) is 5.82 Å². The van der Waals surface area contributed by atoms with E-state index in [4.69, 9.17) is 0 Å². The fraction of sp³-hybridized carbons (Fsp3) is 0.381.